The Hall–Kier alpha value is -1.24. The van der Waals surface area contributed by atoms with Crippen molar-refractivity contribution < 1.29 is 0 Å². The summed E-state index contributed by atoms with van der Waals surface area (Å²) in [6.45, 7) is 10.5. The van der Waals surface area contributed by atoms with E-state index in [1.807, 2.05) is 5.01 Å². The molecule has 14 heavy (non-hydrogen) atoms. The highest BCUT2D eigenvalue weighted by atomic mass is 15.6. The molecule has 0 fully saturated rings. The molecule has 0 spiro atoms. The summed E-state index contributed by atoms with van der Waals surface area (Å²) in [5.74, 6) is 0. The van der Waals surface area contributed by atoms with Crippen LogP contribution in [0.1, 0.15) is 34.6 Å². The third kappa shape index (κ3) is 1.82. The fourth-order valence-corrected chi connectivity index (χ4v) is 1.68. The maximum Gasteiger partial charge on any atom is 0.187 e. The second-order valence-electron chi connectivity index (χ2n) is 4.95. The molecule has 1 heterocycles. The van der Waals surface area contributed by atoms with Gasteiger partial charge in [-0.15, -0.1) is 0 Å². The van der Waals surface area contributed by atoms with Gasteiger partial charge in [-0.25, -0.2) is 4.90 Å². The van der Waals surface area contributed by atoms with Crippen LogP contribution >= 0.6 is 0 Å². The highest BCUT2D eigenvalue weighted by Gasteiger charge is 2.39. The predicted molar refractivity (Wildman–Crippen MR) is 56.2 cm³/mol. The van der Waals surface area contributed by atoms with Crippen LogP contribution in [0, 0.1) is 16.9 Å². The van der Waals surface area contributed by atoms with Crippen LogP contribution in [0.5, 0.6) is 0 Å². The normalized spacial score (nSPS) is 21.9. The number of hydrazone groups is 1. The van der Waals surface area contributed by atoms with Gasteiger partial charge in [0.1, 0.15) is 12.5 Å². The van der Waals surface area contributed by atoms with Crippen LogP contribution in [0.2, 0.25) is 0 Å². The summed E-state index contributed by atoms with van der Waals surface area (Å²) < 4.78 is 0. The zero-order valence-corrected chi connectivity index (χ0v) is 9.52. The quantitative estimate of drug-likeness (QED) is 0.598. The molecule has 4 heteroatoms. The Morgan fingerprint density at radius 2 is 2.00 bits per heavy atom. The second-order valence-corrected chi connectivity index (χ2v) is 4.95. The van der Waals surface area contributed by atoms with E-state index in [9.17, 15) is 0 Å². The summed E-state index contributed by atoms with van der Waals surface area (Å²) in [5.41, 5.74) is 0.0104. The number of rotatable bonds is 1. The molecule has 0 aromatic rings. The van der Waals surface area contributed by atoms with E-state index in [1.165, 1.54) is 0 Å². The first kappa shape index (κ1) is 10.8. The van der Waals surface area contributed by atoms with Crippen LogP contribution in [0.4, 0.5) is 0 Å². The van der Waals surface area contributed by atoms with E-state index >= 15 is 0 Å². The molecule has 1 unspecified atom stereocenters. The minimum Gasteiger partial charge on any atom is -0.269 e. The van der Waals surface area contributed by atoms with Gasteiger partial charge < -0.3 is 0 Å². The van der Waals surface area contributed by atoms with Gasteiger partial charge in [-0.3, -0.25) is 5.01 Å². The molecule has 0 bridgehead atoms. The highest BCUT2D eigenvalue weighted by Crippen LogP contribution is 2.30. The van der Waals surface area contributed by atoms with Crippen molar-refractivity contribution in [3.05, 3.63) is 0 Å². The molecule has 1 aliphatic heterocycles. The molecule has 78 valence electrons. The van der Waals surface area contributed by atoms with E-state index < -0.39 is 0 Å². The molecule has 0 radical (unpaired) electrons. The molecule has 0 aromatic heterocycles. The third-order valence-corrected chi connectivity index (χ3v) is 2.24. The molecule has 1 aliphatic rings. The Labute approximate surface area is 85.8 Å². The van der Waals surface area contributed by atoms with Crippen LogP contribution in [0.3, 0.4) is 0 Å². The van der Waals surface area contributed by atoms with Gasteiger partial charge in [0, 0.05) is 11.5 Å². The van der Waals surface area contributed by atoms with Gasteiger partial charge in [0.15, 0.2) is 6.19 Å². The molecular weight excluding hydrogens is 176 g/mol. The van der Waals surface area contributed by atoms with Crippen LogP contribution in [0.25, 0.3) is 0 Å². The van der Waals surface area contributed by atoms with E-state index in [2.05, 4.69) is 45.9 Å². The van der Waals surface area contributed by atoms with E-state index in [1.54, 1.807) is 11.2 Å². The van der Waals surface area contributed by atoms with E-state index in [0.717, 1.165) is 0 Å². The zero-order chi connectivity index (χ0) is 10.9. The van der Waals surface area contributed by atoms with Gasteiger partial charge in [0.05, 0.1) is 0 Å². The third-order valence-electron chi connectivity index (χ3n) is 2.24. The van der Waals surface area contributed by atoms with Crippen LogP contribution in [-0.2, 0) is 0 Å². The summed E-state index contributed by atoms with van der Waals surface area (Å²) in [6.07, 6.45) is 3.79. The Balaban J connectivity index is 2.93. The minimum atomic E-state index is 0.0104. The molecule has 0 aromatic carbocycles. The van der Waals surface area contributed by atoms with E-state index in [-0.39, 0.29) is 11.6 Å². The molecule has 0 saturated heterocycles. The maximum atomic E-state index is 8.96. The first-order valence-corrected chi connectivity index (χ1v) is 4.88. The van der Waals surface area contributed by atoms with Crippen LogP contribution < -0.4 is 0 Å². The lowest BCUT2D eigenvalue weighted by molar-refractivity contribution is 0.0373. The van der Waals surface area contributed by atoms with Crippen molar-refractivity contribution in [1.29, 1.82) is 5.26 Å². The lowest BCUT2D eigenvalue weighted by Gasteiger charge is -2.38. The second kappa shape index (κ2) is 3.49. The van der Waals surface area contributed by atoms with Crippen molar-refractivity contribution >= 4 is 6.34 Å². The molecule has 1 atom stereocenters. The minimum absolute atomic E-state index is 0.0104. The average molecular weight is 194 g/mol. The van der Waals surface area contributed by atoms with E-state index in [4.69, 9.17) is 5.26 Å². The Morgan fingerprint density at radius 3 is 2.36 bits per heavy atom. The average Bonchev–Trinajstić information content (AvgIpc) is 2.45. The fraction of sp³-hybridized carbons (Fsp3) is 0.800. The molecule has 1 rings (SSSR count). The maximum absolute atomic E-state index is 8.96. The molecular formula is C10H18N4. The molecule has 0 saturated carbocycles. The van der Waals surface area contributed by atoms with Crippen molar-refractivity contribution in [2.75, 3.05) is 0 Å². The van der Waals surface area contributed by atoms with Gasteiger partial charge in [-0.2, -0.15) is 10.4 Å². The molecule has 0 aliphatic carbocycles. The van der Waals surface area contributed by atoms with Gasteiger partial charge in [0.2, 0.25) is 0 Å². The van der Waals surface area contributed by atoms with Crippen molar-refractivity contribution in [1.82, 2.24) is 9.91 Å². The van der Waals surface area contributed by atoms with Crippen LogP contribution in [-0.4, -0.2) is 28.5 Å². The predicted octanol–water partition coefficient (Wildman–Crippen LogP) is 1.81. The Kier molecular flexibility index (Phi) is 2.70. The Bertz CT molecular complexity index is 269. The largest absolute Gasteiger partial charge is 0.269 e. The number of hydrogen-bond acceptors (Lipinski definition) is 4. The highest BCUT2D eigenvalue weighted by molar-refractivity contribution is 5.59. The van der Waals surface area contributed by atoms with Gasteiger partial charge >= 0.3 is 0 Å². The molecule has 4 nitrogen and oxygen atoms in total. The summed E-state index contributed by atoms with van der Waals surface area (Å²) in [7, 11) is 0. The topological polar surface area (TPSA) is 42.6 Å². The lowest BCUT2D eigenvalue weighted by atomic mass is 9.91. The monoisotopic (exact) mass is 194 g/mol. The van der Waals surface area contributed by atoms with Gasteiger partial charge in [0.25, 0.3) is 0 Å². The smallest absolute Gasteiger partial charge is 0.187 e. The Morgan fingerprint density at radius 1 is 1.43 bits per heavy atom. The molecule has 0 N–H and O–H groups in total. The first-order chi connectivity index (χ1) is 6.38. The first-order valence-electron chi connectivity index (χ1n) is 4.88. The summed E-state index contributed by atoms with van der Waals surface area (Å²) in [5, 5.41) is 15.2. The van der Waals surface area contributed by atoms with Gasteiger partial charge in [-0.1, -0.05) is 20.8 Å². The number of nitrogens with zero attached hydrogens (tertiary/aromatic N) is 4. The van der Waals surface area contributed by atoms with Gasteiger partial charge in [-0.05, 0) is 13.8 Å². The van der Waals surface area contributed by atoms with Crippen molar-refractivity contribution in [3.63, 3.8) is 0 Å². The standard InChI is InChI=1S/C10H18N4/c1-8(2)14-9(10(3,4)5)13(6-11)7-12-14/h7-9H,1-5H3. The van der Waals surface area contributed by atoms with Crippen molar-refractivity contribution in [2.45, 2.75) is 46.8 Å². The number of nitriles is 1. The summed E-state index contributed by atoms with van der Waals surface area (Å²) in [4.78, 5) is 1.61. The molecule has 0 amide bonds. The summed E-state index contributed by atoms with van der Waals surface area (Å²) >= 11 is 0. The zero-order valence-electron chi connectivity index (χ0n) is 9.52. The summed E-state index contributed by atoms with van der Waals surface area (Å²) in [6, 6.07) is 0.314. The van der Waals surface area contributed by atoms with Crippen LogP contribution in [0.15, 0.2) is 5.10 Å². The number of hydrogen-bond donors (Lipinski definition) is 0. The SMILES string of the molecule is CC(C)N1N=CN(C#N)C1C(C)(C)C. The van der Waals surface area contributed by atoms with Crippen molar-refractivity contribution in [2.24, 2.45) is 10.5 Å². The van der Waals surface area contributed by atoms with E-state index in [0.29, 0.717) is 6.04 Å². The fourth-order valence-electron chi connectivity index (χ4n) is 1.68. The lowest BCUT2D eigenvalue weighted by Crippen LogP contribution is -2.48. The van der Waals surface area contributed by atoms with Crippen molar-refractivity contribution in [3.8, 4) is 6.19 Å².